The van der Waals surface area contributed by atoms with Crippen molar-refractivity contribution in [1.29, 1.82) is 0 Å². The molecule has 2 aliphatic heterocycles. The molecule has 1 N–H and O–H groups in total. The van der Waals surface area contributed by atoms with Gasteiger partial charge in [0.25, 0.3) is 0 Å². The maximum absolute atomic E-state index is 5.41. The normalized spacial score (nSPS) is 38.8. The highest BCUT2D eigenvalue weighted by molar-refractivity contribution is 4.85. The van der Waals surface area contributed by atoms with E-state index in [2.05, 4.69) is 17.1 Å². The molecule has 2 fully saturated rings. The van der Waals surface area contributed by atoms with Crippen LogP contribution in [0.3, 0.4) is 0 Å². The quantitative estimate of drug-likeness (QED) is 0.602. The van der Waals surface area contributed by atoms with Crippen LogP contribution in [0.4, 0.5) is 0 Å². The lowest BCUT2D eigenvalue weighted by Crippen LogP contribution is -2.50. The Morgan fingerprint density at radius 3 is 3.08 bits per heavy atom. The molecule has 2 atom stereocenters. The summed E-state index contributed by atoms with van der Waals surface area (Å²) in [5.74, 6) is 0. The standard InChI is InChI=1S/C9H18N2O/c1-8-7-12-5-4-11(8)9-2-3-10-6-9/h8-10H,2-7H2,1H3/t8-,9?/m1/s1. The van der Waals surface area contributed by atoms with Crippen LogP contribution >= 0.6 is 0 Å². The van der Waals surface area contributed by atoms with Crippen LogP contribution in [0.2, 0.25) is 0 Å². The van der Waals surface area contributed by atoms with E-state index in [0.717, 1.165) is 25.8 Å². The van der Waals surface area contributed by atoms with Gasteiger partial charge in [-0.1, -0.05) is 0 Å². The lowest BCUT2D eigenvalue weighted by molar-refractivity contribution is -0.0180. The summed E-state index contributed by atoms with van der Waals surface area (Å²) in [7, 11) is 0. The first-order valence-corrected chi connectivity index (χ1v) is 4.92. The largest absolute Gasteiger partial charge is 0.379 e. The lowest BCUT2D eigenvalue weighted by Gasteiger charge is -2.37. The van der Waals surface area contributed by atoms with Crippen molar-refractivity contribution in [2.75, 3.05) is 32.8 Å². The molecule has 0 aromatic heterocycles. The molecular weight excluding hydrogens is 152 g/mol. The Morgan fingerprint density at radius 1 is 1.50 bits per heavy atom. The third-order valence-corrected chi connectivity index (χ3v) is 2.92. The van der Waals surface area contributed by atoms with Gasteiger partial charge in [0.15, 0.2) is 0 Å². The van der Waals surface area contributed by atoms with Crippen molar-refractivity contribution in [2.45, 2.75) is 25.4 Å². The van der Waals surface area contributed by atoms with Gasteiger partial charge in [0.1, 0.15) is 0 Å². The van der Waals surface area contributed by atoms with Crippen LogP contribution in [0.5, 0.6) is 0 Å². The predicted molar refractivity (Wildman–Crippen MR) is 48.3 cm³/mol. The Morgan fingerprint density at radius 2 is 2.42 bits per heavy atom. The van der Waals surface area contributed by atoms with Gasteiger partial charge in [-0.25, -0.2) is 0 Å². The summed E-state index contributed by atoms with van der Waals surface area (Å²) < 4.78 is 5.41. The molecule has 2 rings (SSSR count). The van der Waals surface area contributed by atoms with Crippen molar-refractivity contribution in [1.82, 2.24) is 10.2 Å². The zero-order valence-corrected chi connectivity index (χ0v) is 7.75. The number of ether oxygens (including phenoxy) is 1. The highest BCUT2D eigenvalue weighted by Gasteiger charge is 2.28. The summed E-state index contributed by atoms with van der Waals surface area (Å²) in [6.45, 7) is 7.57. The average molecular weight is 170 g/mol. The minimum absolute atomic E-state index is 0.614. The summed E-state index contributed by atoms with van der Waals surface area (Å²) in [5, 5.41) is 3.41. The third-order valence-electron chi connectivity index (χ3n) is 2.92. The van der Waals surface area contributed by atoms with Crippen molar-refractivity contribution in [3.8, 4) is 0 Å². The van der Waals surface area contributed by atoms with Crippen molar-refractivity contribution in [2.24, 2.45) is 0 Å². The fourth-order valence-electron chi connectivity index (χ4n) is 2.20. The molecule has 0 radical (unpaired) electrons. The van der Waals surface area contributed by atoms with E-state index in [1.54, 1.807) is 0 Å². The van der Waals surface area contributed by atoms with Crippen LogP contribution in [0.15, 0.2) is 0 Å². The zero-order chi connectivity index (χ0) is 8.39. The Hall–Kier alpha value is -0.120. The Labute approximate surface area is 74.1 Å². The number of hydrogen-bond acceptors (Lipinski definition) is 3. The number of nitrogens with zero attached hydrogens (tertiary/aromatic N) is 1. The van der Waals surface area contributed by atoms with Gasteiger partial charge in [-0.2, -0.15) is 0 Å². The molecule has 3 nitrogen and oxygen atoms in total. The van der Waals surface area contributed by atoms with Crippen molar-refractivity contribution >= 4 is 0 Å². The Balaban J connectivity index is 1.91. The first-order valence-electron chi connectivity index (χ1n) is 4.92. The van der Waals surface area contributed by atoms with Gasteiger partial charge in [-0.05, 0) is 19.9 Å². The molecule has 2 aliphatic rings. The van der Waals surface area contributed by atoms with E-state index in [4.69, 9.17) is 4.74 Å². The zero-order valence-electron chi connectivity index (χ0n) is 7.75. The van der Waals surface area contributed by atoms with Gasteiger partial charge in [0, 0.05) is 25.2 Å². The van der Waals surface area contributed by atoms with Gasteiger partial charge < -0.3 is 10.1 Å². The highest BCUT2D eigenvalue weighted by atomic mass is 16.5. The van der Waals surface area contributed by atoms with E-state index in [1.165, 1.54) is 19.5 Å². The third kappa shape index (κ3) is 1.63. The first-order chi connectivity index (χ1) is 5.88. The van der Waals surface area contributed by atoms with E-state index < -0.39 is 0 Å². The van der Waals surface area contributed by atoms with Gasteiger partial charge >= 0.3 is 0 Å². The molecule has 0 bridgehead atoms. The van der Waals surface area contributed by atoms with Gasteiger partial charge in [-0.3, -0.25) is 4.90 Å². The molecule has 0 aromatic carbocycles. The maximum atomic E-state index is 5.41. The molecule has 0 aliphatic carbocycles. The second-order valence-corrected chi connectivity index (χ2v) is 3.81. The molecule has 3 heteroatoms. The summed E-state index contributed by atoms with van der Waals surface area (Å²) >= 11 is 0. The first kappa shape index (κ1) is 8.48. The molecular formula is C9H18N2O. The number of rotatable bonds is 1. The number of hydrogen-bond donors (Lipinski definition) is 1. The van der Waals surface area contributed by atoms with Crippen LogP contribution < -0.4 is 5.32 Å². The molecule has 2 heterocycles. The van der Waals surface area contributed by atoms with E-state index in [-0.39, 0.29) is 0 Å². The molecule has 0 amide bonds. The second-order valence-electron chi connectivity index (χ2n) is 3.81. The summed E-state index contributed by atoms with van der Waals surface area (Å²) in [5.41, 5.74) is 0. The predicted octanol–water partition coefficient (Wildman–Crippen LogP) is 0.0690. The van der Waals surface area contributed by atoms with Crippen molar-refractivity contribution < 1.29 is 4.74 Å². The minimum atomic E-state index is 0.614. The molecule has 0 aromatic rings. The van der Waals surface area contributed by atoms with Gasteiger partial charge in [0.05, 0.1) is 13.2 Å². The summed E-state index contributed by atoms with van der Waals surface area (Å²) in [4.78, 5) is 2.59. The van der Waals surface area contributed by atoms with Crippen LogP contribution in [0.25, 0.3) is 0 Å². The lowest BCUT2D eigenvalue weighted by atomic mass is 10.1. The number of nitrogens with one attached hydrogen (secondary N) is 1. The van der Waals surface area contributed by atoms with Crippen molar-refractivity contribution in [3.05, 3.63) is 0 Å². The van der Waals surface area contributed by atoms with Gasteiger partial charge in [0.2, 0.25) is 0 Å². The van der Waals surface area contributed by atoms with E-state index in [1.807, 2.05) is 0 Å². The van der Waals surface area contributed by atoms with E-state index >= 15 is 0 Å². The second kappa shape index (κ2) is 3.73. The van der Waals surface area contributed by atoms with E-state index in [0.29, 0.717) is 6.04 Å². The molecule has 0 saturated carbocycles. The fraction of sp³-hybridized carbons (Fsp3) is 1.00. The van der Waals surface area contributed by atoms with Crippen LogP contribution in [0.1, 0.15) is 13.3 Å². The molecule has 1 unspecified atom stereocenters. The van der Waals surface area contributed by atoms with E-state index in [9.17, 15) is 0 Å². The highest BCUT2D eigenvalue weighted by Crippen LogP contribution is 2.15. The topological polar surface area (TPSA) is 24.5 Å². The monoisotopic (exact) mass is 170 g/mol. The smallest absolute Gasteiger partial charge is 0.0619 e. The minimum Gasteiger partial charge on any atom is -0.379 e. The number of morpholine rings is 1. The average Bonchev–Trinajstić information content (AvgIpc) is 2.57. The summed E-state index contributed by atoms with van der Waals surface area (Å²) in [6.07, 6.45) is 1.31. The SMILES string of the molecule is C[C@@H]1COCCN1C1CCNC1. The molecule has 2 saturated heterocycles. The van der Waals surface area contributed by atoms with Gasteiger partial charge in [-0.15, -0.1) is 0 Å². The van der Waals surface area contributed by atoms with Crippen LogP contribution in [0, 0.1) is 0 Å². The van der Waals surface area contributed by atoms with Crippen LogP contribution in [-0.2, 0) is 4.74 Å². The molecule has 12 heavy (non-hydrogen) atoms. The molecule has 70 valence electrons. The van der Waals surface area contributed by atoms with Crippen LogP contribution in [-0.4, -0.2) is 49.8 Å². The van der Waals surface area contributed by atoms with Crippen molar-refractivity contribution in [3.63, 3.8) is 0 Å². The fourth-order valence-corrected chi connectivity index (χ4v) is 2.20. The molecule has 0 spiro atoms. The maximum Gasteiger partial charge on any atom is 0.0619 e. The Kier molecular flexibility index (Phi) is 2.63. The summed E-state index contributed by atoms with van der Waals surface area (Å²) in [6, 6.07) is 1.38. The Bertz CT molecular complexity index is 145.